The van der Waals surface area contributed by atoms with E-state index in [4.69, 9.17) is 76.2 Å². The Hall–Kier alpha value is -14.2. The Morgan fingerprint density at radius 1 is 0.228 bits per heavy atom. The number of hydrogen-bond donors (Lipinski definition) is 3. The van der Waals surface area contributed by atoms with Crippen molar-refractivity contribution < 1.29 is 115 Å². The number of phenols is 3. The molecule has 0 fully saturated rings. The molecule has 0 aliphatic carbocycles. The van der Waals surface area contributed by atoms with Gasteiger partial charge in [0.15, 0.2) is 19.8 Å². The van der Waals surface area contributed by atoms with Crippen LogP contribution in [-0.4, -0.2) is 130 Å². The molecule has 10 aromatic rings. The third-order valence-corrected chi connectivity index (χ3v) is 19.4. The normalized spacial score (nSPS) is 10.3. The van der Waals surface area contributed by atoms with Gasteiger partial charge in [-0.15, -0.1) is 0 Å². The summed E-state index contributed by atoms with van der Waals surface area (Å²) in [6.45, 7) is 32.2. The van der Waals surface area contributed by atoms with Gasteiger partial charge >= 0.3 is 35.8 Å². The Balaban J connectivity index is 0.000000265. The third-order valence-electron chi connectivity index (χ3n) is 19.4. The molecule has 0 aromatic heterocycles. The van der Waals surface area contributed by atoms with Gasteiger partial charge in [0.25, 0.3) is 0 Å². The van der Waals surface area contributed by atoms with E-state index < -0.39 is 17.9 Å². The van der Waals surface area contributed by atoms with Gasteiger partial charge < -0.3 is 86.4 Å². The van der Waals surface area contributed by atoms with E-state index in [0.717, 1.165) is 164 Å². The van der Waals surface area contributed by atoms with E-state index in [-0.39, 0.29) is 68.2 Å². The molecule has 0 unspecified atom stereocenters. The van der Waals surface area contributed by atoms with Crippen LogP contribution in [-0.2, 0) is 107 Å². The second-order valence-corrected chi connectivity index (χ2v) is 31.1. The van der Waals surface area contributed by atoms with Crippen LogP contribution in [0.15, 0.2) is 250 Å². The predicted octanol–water partition coefficient (Wildman–Crippen LogP) is 22.5. The molecule has 10 rings (SSSR count). The van der Waals surface area contributed by atoms with Gasteiger partial charge in [-0.25, -0.2) is 14.4 Å². The molecule has 0 aliphatic rings. The minimum absolute atomic E-state index is 0.0747. The second kappa shape index (κ2) is 65.4. The maximum Gasteiger partial charge on any atom is 0.344 e. The Bertz CT molecular complexity index is 5040. The lowest BCUT2D eigenvalue weighted by atomic mass is 10.0. The molecular weight excluding hydrogens is 1730 g/mol. The quantitative estimate of drug-likeness (QED) is 0.0138. The Kier molecular flexibility index (Phi) is 53.2. The van der Waals surface area contributed by atoms with Gasteiger partial charge in [0.05, 0.1) is 39.6 Å². The van der Waals surface area contributed by atoms with E-state index in [1.807, 2.05) is 106 Å². The smallest absolute Gasteiger partial charge is 0.344 e. The highest BCUT2D eigenvalue weighted by Crippen LogP contribution is 2.32. The summed E-state index contributed by atoms with van der Waals surface area (Å²) >= 11 is 0. The number of carbonyl (C=O) groups is 6. The first-order chi connectivity index (χ1) is 66.0. The van der Waals surface area contributed by atoms with Crippen LogP contribution in [0, 0.1) is 0 Å². The van der Waals surface area contributed by atoms with E-state index >= 15 is 0 Å². The standard InChI is InChI=1S/C26H32O9.C26H32O6.C23H32O3.C23H26O3.C14H14O3/c1-4-30-24(27)16-33-21-11-9-19(10-12-21)7-8-20-13-22(34-17-25(28)31-5-2)15-23(14-20)35-18-26(29)32-6-3;1-4-7-24(27)30-21-14-12-19(13-15-21)10-11-20-16-22(31-25(28)8-5-2)18-23(17-20)32-26(29)9-6-3;2*1-4-13-24-21-11-9-19(10-12-21)7-8-20-16-22(25-14-5-2)18-23(17-20)26-15-6-3;15-12-5-3-10(4-6-12)1-2-11-7-13(16)9-14(17)8-11/h9-15H,4-8,16-18H2,1-3H3;12-18H,4-11H2,1-3H3;9-12,16-18H,4-8,13-15H2,1-3H3;4-6,9-12,16-18H,1-3,7-8,13-15H2;3-9,15-17H,1-2H2. The first kappa shape index (κ1) is 111. The van der Waals surface area contributed by atoms with Crippen LogP contribution < -0.4 is 56.8 Å². The van der Waals surface area contributed by atoms with Gasteiger partial charge in [0.1, 0.15) is 106 Å². The molecule has 0 bridgehead atoms. The maximum absolute atomic E-state index is 11.9. The SMILES string of the molecule is C=CCOc1ccc(CCc2cc(OCC=C)cc(OCC=C)c2)cc1.CCCC(=O)Oc1ccc(CCc2cc(OC(=O)CCC)cc(OC(=O)CCC)c2)cc1.CCCOc1ccc(CCc2cc(OCCC)cc(OCCC)c2)cc1.CCOC(=O)COc1ccc(CCc2cc(OCC(=O)OCC)cc(OCC(=O)OCC)c2)cc1.Oc1ccc(CCc2cc(O)cc(O)c2)cc1. The van der Waals surface area contributed by atoms with Gasteiger partial charge in [-0.05, 0) is 300 Å². The Morgan fingerprint density at radius 3 is 0.757 bits per heavy atom. The second-order valence-electron chi connectivity index (χ2n) is 31.1. The van der Waals surface area contributed by atoms with Gasteiger partial charge in [-0.3, -0.25) is 14.4 Å². The minimum atomic E-state index is -0.475. The highest BCUT2D eigenvalue weighted by molar-refractivity contribution is 5.75. The third kappa shape index (κ3) is 47.0. The average Bonchev–Trinajstić information content (AvgIpc) is 0.860. The van der Waals surface area contributed by atoms with Crippen molar-refractivity contribution in [1.82, 2.24) is 0 Å². The van der Waals surface area contributed by atoms with Crippen molar-refractivity contribution in [2.45, 2.75) is 184 Å². The minimum Gasteiger partial charge on any atom is -0.508 e. The van der Waals surface area contributed by atoms with Crippen molar-refractivity contribution >= 4 is 35.8 Å². The summed E-state index contributed by atoms with van der Waals surface area (Å²) in [6, 6.07) is 65.6. The van der Waals surface area contributed by atoms with Crippen LogP contribution in [0.3, 0.4) is 0 Å². The molecule has 0 atom stereocenters. The zero-order valence-corrected chi connectivity index (χ0v) is 80.4. The fraction of sp³-hybridized carbons (Fsp3) is 0.357. The fourth-order valence-corrected chi connectivity index (χ4v) is 12.9. The zero-order chi connectivity index (χ0) is 98.3. The molecule has 0 saturated carbocycles. The van der Waals surface area contributed by atoms with Crippen LogP contribution in [0.25, 0.3) is 0 Å². The Labute approximate surface area is 802 Å². The van der Waals surface area contributed by atoms with E-state index in [9.17, 15) is 39.0 Å². The molecule has 3 N–H and O–H groups in total. The lowest BCUT2D eigenvalue weighted by Gasteiger charge is -2.12. The molecule has 0 saturated heterocycles. The van der Waals surface area contributed by atoms with Crippen LogP contribution in [0.5, 0.6) is 86.2 Å². The summed E-state index contributed by atoms with van der Waals surface area (Å²) in [5.41, 5.74) is 10.9. The summed E-state index contributed by atoms with van der Waals surface area (Å²) in [4.78, 5) is 70.2. The molecule has 0 aliphatic heterocycles. The molecule has 0 amide bonds. The molecule has 0 heterocycles. The van der Waals surface area contributed by atoms with Crippen LogP contribution in [0.1, 0.15) is 176 Å². The molecule has 728 valence electrons. The monoisotopic (exact) mass is 1860 g/mol. The number of aryl methyl sites for hydroxylation is 10. The molecule has 136 heavy (non-hydrogen) atoms. The van der Waals surface area contributed by atoms with Crippen molar-refractivity contribution in [3.8, 4) is 86.2 Å². The summed E-state index contributed by atoms with van der Waals surface area (Å²) in [5.74, 6) is 6.06. The lowest BCUT2D eigenvalue weighted by Crippen LogP contribution is -2.16. The van der Waals surface area contributed by atoms with E-state index in [1.165, 1.54) is 22.8 Å². The highest BCUT2D eigenvalue weighted by atomic mass is 16.6. The van der Waals surface area contributed by atoms with Crippen molar-refractivity contribution in [3.63, 3.8) is 0 Å². The van der Waals surface area contributed by atoms with Crippen LogP contribution >= 0.6 is 0 Å². The van der Waals surface area contributed by atoms with Crippen molar-refractivity contribution in [2.75, 3.05) is 79.3 Å². The number of hydrogen-bond acceptors (Lipinski definition) is 24. The fourth-order valence-electron chi connectivity index (χ4n) is 12.9. The van der Waals surface area contributed by atoms with E-state index in [2.05, 4.69) is 89.0 Å². The zero-order valence-electron chi connectivity index (χ0n) is 80.4. The number of phenolic OH excluding ortho intramolecular Hbond substituents is 3. The average molecular weight is 1870 g/mol. The summed E-state index contributed by atoms with van der Waals surface area (Å²) in [6.07, 6.45) is 19.4. The largest absolute Gasteiger partial charge is 0.508 e. The number of carbonyl (C=O) groups excluding carboxylic acids is 6. The van der Waals surface area contributed by atoms with Crippen LogP contribution in [0.4, 0.5) is 0 Å². The van der Waals surface area contributed by atoms with Crippen LogP contribution in [0.2, 0.25) is 0 Å². The highest BCUT2D eigenvalue weighted by Gasteiger charge is 2.16. The van der Waals surface area contributed by atoms with Gasteiger partial charge in [-0.1, -0.05) is 140 Å². The Morgan fingerprint density at radius 2 is 0.456 bits per heavy atom. The van der Waals surface area contributed by atoms with Crippen molar-refractivity contribution in [2.24, 2.45) is 0 Å². The molecule has 24 nitrogen and oxygen atoms in total. The maximum atomic E-state index is 11.9. The van der Waals surface area contributed by atoms with Crippen molar-refractivity contribution in [3.05, 3.63) is 306 Å². The number of rotatable bonds is 54. The first-order valence-corrected chi connectivity index (χ1v) is 46.8. The lowest BCUT2D eigenvalue weighted by molar-refractivity contribution is -0.146. The molecule has 0 radical (unpaired) electrons. The van der Waals surface area contributed by atoms with E-state index in [0.29, 0.717) is 112 Å². The van der Waals surface area contributed by atoms with Gasteiger partial charge in [-0.2, -0.15) is 0 Å². The summed E-state index contributed by atoms with van der Waals surface area (Å²) in [7, 11) is 0. The topological polar surface area (TPSA) is 302 Å². The number of esters is 6. The summed E-state index contributed by atoms with van der Waals surface area (Å²) < 4.78 is 81.5. The predicted molar refractivity (Wildman–Crippen MR) is 529 cm³/mol. The van der Waals surface area contributed by atoms with E-state index in [1.54, 1.807) is 112 Å². The molecular formula is C112H136O24. The molecule has 0 spiro atoms. The number of ether oxygens (including phenoxy) is 15. The molecule has 24 heteroatoms. The van der Waals surface area contributed by atoms with Gasteiger partial charge in [0.2, 0.25) is 0 Å². The van der Waals surface area contributed by atoms with Gasteiger partial charge in [0, 0.05) is 49.6 Å². The van der Waals surface area contributed by atoms with Crippen molar-refractivity contribution in [1.29, 1.82) is 0 Å². The summed E-state index contributed by atoms with van der Waals surface area (Å²) in [5, 5.41) is 27.8. The molecule has 10 aromatic carbocycles. The number of benzene rings is 10. The first-order valence-electron chi connectivity index (χ1n) is 46.8. The number of aromatic hydroxyl groups is 3.